The molecule has 1 heterocycles. The Kier molecular flexibility index (Phi) is 6.29. The van der Waals surface area contributed by atoms with Crippen LogP contribution in [0.4, 0.5) is 0 Å². The van der Waals surface area contributed by atoms with Crippen LogP contribution in [0.25, 0.3) is 0 Å². The minimum absolute atomic E-state index is 0.239. The molecule has 1 aromatic heterocycles. The first-order valence-corrected chi connectivity index (χ1v) is 6.67. The molecule has 18 heavy (non-hydrogen) atoms. The lowest BCUT2D eigenvalue weighted by Crippen LogP contribution is -2.32. The van der Waals surface area contributed by atoms with Crippen LogP contribution in [0.5, 0.6) is 0 Å². The monoisotopic (exact) mass is 255 g/mol. The Labute approximate surface area is 109 Å². The number of aromatic nitrogens is 2. The van der Waals surface area contributed by atoms with Gasteiger partial charge in [-0.1, -0.05) is 19.0 Å². The molecule has 0 aliphatic heterocycles. The highest BCUT2D eigenvalue weighted by Gasteiger charge is 2.27. The van der Waals surface area contributed by atoms with E-state index in [1.54, 1.807) is 0 Å². The molecule has 0 fully saturated rings. The van der Waals surface area contributed by atoms with Crippen molar-refractivity contribution in [3.63, 3.8) is 0 Å². The summed E-state index contributed by atoms with van der Waals surface area (Å²) in [6.07, 6.45) is 0.704. The van der Waals surface area contributed by atoms with Crippen LogP contribution < -0.4 is 5.32 Å². The van der Waals surface area contributed by atoms with Crippen LogP contribution in [0.3, 0.4) is 0 Å². The number of nitrogens with one attached hydrogen (secondary N) is 1. The summed E-state index contributed by atoms with van der Waals surface area (Å²) in [5, 5.41) is 7.27. The van der Waals surface area contributed by atoms with Gasteiger partial charge >= 0.3 is 0 Å². The predicted octanol–water partition coefficient (Wildman–Crippen LogP) is 2.00. The summed E-state index contributed by atoms with van der Waals surface area (Å²) in [4.78, 5) is 4.47. The molecule has 1 rings (SSSR count). The minimum Gasteiger partial charge on any atom is -0.381 e. The first-order valence-electron chi connectivity index (χ1n) is 6.67. The number of hydrogen-bond acceptors (Lipinski definition) is 5. The number of likely N-dealkylation sites (N-methyl/N-ethyl adjacent to an activating group) is 1. The maximum absolute atomic E-state index is 5.39. The minimum atomic E-state index is 0.239. The van der Waals surface area contributed by atoms with Gasteiger partial charge in [-0.2, -0.15) is 4.98 Å². The Morgan fingerprint density at radius 3 is 2.61 bits per heavy atom. The van der Waals surface area contributed by atoms with E-state index in [0.29, 0.717) is 25.0 Å². The van der Waals surface area contributed by atoms with Gasteiger partial charge in [-0.25, -0.2) is 0 Å². The van der Waals surface area contributed by atoms with E-state index in [-0.39, 0.29) is 5.92 Å². The average molecular weight is 255 g/mol. The molecule has 0 aliphatic rings. The zero-order valence-electron chi connectivity index (χ0n) is 12.1. The van der Waals surface area contributed by atoms with Gasteiger partial charge in [0.15, 0.2) is 5.82 Å². The lowest BCUT2D eigenvalue weighted by Gasteiger charge is -2.23. The Balaban J connectivity index is 2.69. The molecule has 0 saturated carbocycles. The molecule has 5 heteroatoms. The lowest BCUT2D eigenvalue weighted by atomic mass is 9.89. The second kappa shape index (κ2) is 7.48. The third kappa shape index (κ3) is 4.07. The van der Waals surface area contributed by atoms with E-state index < -0.39 is 0 Å². The van der Waals surface area contributed by atoms with Crippen molar-refractivity contribution < 1.29 is 9.26 Å². The Hall–Kier alpha value is -0.940. The fraction of sp³-hybridized carbons (Fsp3) is 0.846. The molecule has 1 aromatic rings. The van der Waals surface area contributed by atoms with Gasteiger partial charge in [-0.3, -0.25) is 0 Å². The summed E-state index contributed by atoms with van der Waals surface area (Å²) >= 11 is 0. The summed E-state index contributed by atoms with van der Waals surface area (Å²) in [6.45, 7) is 9.81. The molecule has 2 atom stereocenters. The summed E-state index contributed by atoms with van der Waals surface area (Å²) in [7, 11) is 1.95. The SMILES string of the molecule is CCOCCc1noc(C(C(C)C)C(C)NC)n1. The Bertz CT molecular complexity index is 339. The number of nitrogens with zero attached hydrogens (tertiary/aromatic N) is 2. The van der Waals surface area contributed by atoms with Crippen LogP contribution in [0.1, 0.15) is 45.3 Å². The van der Waals surface area contributed by atoms with Gasteiger partial charge in [0.25, 0.3) is 0 Å². The molecule has 5 nitrogen and oxygen atoms in total. The molecule has 104 valence electrons. The normalized spacial score (nSPS) is 15.0. The van der Waals surface area contributed by atoms with Crippen molar-refractivity contribution in [3.8, 4) is 0 Å². The zero-order chi connectivity index (χ0) is 13.5. The third-order valence-electron chi connectivity index (χ3n) is 3.16. The van der Waals surface area contributed by atoms with E-state index in [1.807, 2.05) is 14.0 Å². The second-order valence-electron chi connectivity index (χ2n) is 4.84. The molecule has 2 unspecified atom stereocenters. The van der Waals surface area contributed by atoms with Crippen molar-refractivity contribution in [1.29, 1.82) is 0 Å². The van der Waals surface area contributed by atoms with Crippen molar-refractivity contribution >= 4 is 0 Å². The van der Waals surface area contributed by atoms with Crippen LogP contribution in [0.15, 0.2) is 4.52 Å². The topological polar surface area (TPSA) is 60.2 Å². The van der Waals surface area contributed by atoms with Crippen molar-refractivity contribution in [3.05, 3.63) is 11.7 Å². The van der Waals surface area contributed by atoms with Gasteiger partial charge in [0.05, 0.1) is 12.5 Å². The van der Waals surface area contributed by atoms with E-state index >= 15 is 0 Å². The quantitative estimate of drug-likeness (QED) is 0.720. The third-order valence-corrected chi connectivity index (χ3v) is 3.16. The zero-order valence-corrected chi connectivity index (χ0v) is 12.1. The predicted molar refractivity (Wildman–Crippen MR) is 70.6 cm³/mol. The van der Waals surface area contributed by atoms with Gasteiger partial charge in [-0.05, 0) is 26.8 Å². The standard InChI is InChI=1S/C13H25N3O2/c1-6-17-8-7-11-15-13(18-16-11)12(9(2)3)10(4)14-5/h9-10,12,14H,6-8H2,1-5H3. The number of ether oxygens (including phenoxy) is 1. The molecule has 0 bridgehead atoms. The maximum atomic E-state index is 5.39. The maximum Gasteiger partial charge on any atom is 0.231 e. The molecule has 1 N–H and O–H groups in total. The molecule has 0 aromatic carbocycles. The van der Waals surface area contributed by atoms with E-state index in [2.05, 4.69) is 36.2 Å². The first-order chi connectivity index (χ1) is 8.60. The van der Waals surface area contributed by atoms with Crippen LogP contribution in [0, 0.1) is 5.92 Å². The average Bonchev–Trinajstić information content (AvgIpc) is 2.77. The molecule has 0 aliphatic carbocycles. The van der Waals surface area contributed by atoms with E-state index in [1.165, 1.54) is 0 Å². The van der Waals surface area contributed by atoms with Crippen molar-refractivity contribution in [2.75, 3.05) is 20.3 Å². The summed E-state index contributed by atoms with van der Waals surface area (Å²) in [5.74, 6) is 2.14. The highest BCUT2D eigenvalue weighted by atomic mass is 16.5. The number of hydrogen-bond donors (Lipinski definition) is 1. The van der Waals surface area contributed by atoms with Gasteiger partial charge in [0.1, 0.15) is 0 Å². The van der Waals surface area contributed by atoms with Crippen molar-refractivity contribution in [2.45, 2.75) is 46.1 Å². The lowest BCUT2D eigenvalue weighted by molar-refractivity contribution is 0.149. The van der Waals surface area contributed by atoms with Gasteiger partial charge in [0.2, 0.25) is 5.89 Å². The Morgan fingerprint density at radius 1 is 1.33 bits per heavy atom. The number of rotatable bonds is 8. The van der Waals surface area contributed by atoms with Crippen LogP contribution in [-0.4, -0.2) is 36.4 Å². The summed E-state index contributed by atoms with van der Waals surface area (Å²) in [5.41, 5.74) is 0. The highest BCUT2D eigenvalue weighted by Crippen LogP contribution is 2.26. The van der Waals surface area contributed by atoms with Crippen LogP contribution >= 0.6 is 0 Å². The van der Waals surface area contributed by atoms with E-state index in [4.69, 9.17) is 9.26 Å². The van der Waals surface area contributed by atoms with Crippen molar-refractivity contribution in [2.24, 2.45) is 5.92 Å². The van der Waals surface area contributed by atoms with E-state index in [9.17, 15) is 0 Å². The fourth-order valence-electron chi connectivity index (χ4n) is 2.07. The molecule has 0 spiro atoms. The van der Waals surface area contributed by atoms with Crippen LogP contribution in [0.2, 0.25) is 0 Å². The second-order valence-corrected chi connectivity index (χ2v) is 4.84. The van der Waals surface area contributed by atoms with Crippen LogP contribution in [-0.2, 0) is 11.2 Å². The van der Waals surface area contributed by atoms with Gasteiger partial charge < -0.3 is 14.6 Å². The first kappa shape index (κ1) is 15.1. The fourth-order valence-corrected chi connectivity index (χ4v) is 2.07. The summed E-state index contributed by atoms with van der Waals surface area (Å²) in [6, 6.07) is 0.310. The molecule has 0 saturated heterocycles. The van der Waals surface area contributed by atoms with Gasteiger partial charge in [-0.15, -0.1) is 0 Å². The van der Waals surface area contributed by atoms with Crippen molar-refractivity contribution in [1.82, 2.24) is 15.5 Å². The van der Waals surface area contributed by atoms with E-state index in [0.717, 1.165) is 18.3 Å². The Morgan fingerprint density at radius 2 is 2.06 bits per heavy atom. The molecule has 0 radical (unpaired) electrons. The molecule has 0 amide bonds. The largest absolute Gasteiger partial charge is 0.381 e. The summed E-state index contributed by atoms with van der Waals surface area (Å²) < 4.78 is 10.7. The molecular formula is C13H25N3O2. The highest BCUT2D eigenvalue weighted by molar-refractivity contribution is 5.00. The molecular weight excluding hydrogens is 230 g/mol. The smallest absolute Gasteiger partial charge is 0.231 e. The van der Waals surface area contributed by atoms with Gasteiger partial charge in [0, 0.05) is 19.1 Å².